The molecule has 0 spiro atoms. The Morgan fingerprint density at radius 3 is 2.50 bits per heavy atom. The number of likely N-dealkylation sites (N-methyl/N-ethyl adjacent to an activating group) is 1. The topological polar surface area (TPSA) is 58.7 Å². The molecule has 0 saturated carbocycles. The quantitative estimate of drug-likeness (QED) is 0.492. The molecule has 0 fully saturated rings. The van der Waals surface area contributed by atoms with Crippen LogP contribution in [0.5, 0.6) is 0 Å². The second-order valence-corrected chi connectivity index (χ2v) is 2.07. The molecule has 7 heteroatoms. The molecule has 12 heavy (non-hydrogen) atoms. The van der Waals surface area contributed by atoms with Gasteiger partial charge in [0.15, 0.2) is 0 Å². The third-order valence-electron chi connectivity index (χ3n) is 0.786. The number of carbonyl (C=O) groups is 1. The van der Waals surface area contributed by atoms with Gasteiger partial charge in [-0.15, -0.1) is 0 Å². The number of carbonyl (C=O) groups excluding carboxylic acids is 1. The van der Waals surface area contributed by atoms with E-state index in [1.54, 1.807) is 0 Å². The van der Waals surface area contributed by atoms with Crippen molar-refractivity contribution >= 4 is 12.1 Å². The summed E-state index contributed by atoms with van der Waals surface area (Å²) in [5.74, 6) is -0.739. The lowest BCUT2D eigenvalue weighted by Gasteiger charge is -2.09. The summed E-state index contributed by atoms with van der Waals surface area (Å²) in [7, 11) is 1.22. The normalized spacial score (nSPS) is 12.0. The number of primary amides is 1. The van der Waals surface area contributed by atoms with Crippen molar-refractivity contribution in [3.05, 3.63) is 0 Å². The molecule has 0 aromatic carbocycles. The van der Waals surface area contributed by atoms with Crippen molar-refractivity contribution in [1.82, 2.24) is 5.01 Å². The Bertz CT molecular complexity index is 189. The van der Waals surface area contributed by atoms with E-state index >= 15 is 0 Å². The van der Waals surface area contributed by atoms with Gasteiger partial charge in [0.2, 0.25) is 5.91 Å². The molecule has 2 N–H and O–H groups in total. The van der Waals surface area contributed by atoms with E-state index in [1.165, 1.54) is 7.05 Å². The van der Waals surface area contributed by atoms with Crippen molar-refractivity contribution in [2.75, 3.05) is 13.6 Å². The molecule has 0 heterocycles. The predicted octanol–water partition coefficient (Wildman–Crippen LogP) is -0.0484. The van der Waals surface area contributed by atoms with Crippen LogP contribution >= 0.6 is 0 Å². The van der Waals surface area contributed by atoms with E-state index in [0.717, 1.165) is 5.01 Å². The summed E-state index contributed by atoms with van der Waals surface area (Å²) in [4.78, 5) is 10.2. The van der Waals surface area contributed by atoms with Gasteiger partial charge in [-0.2, -0.15) is 18.3 Å². The first-order valence-corrected chi connectivity index (χ1v) is 2.92. The highest BCUT2D eigenvalue weighted by Gasteiger charge is 2.24. The lowest BCUT2D eigenvalue weighted by Crippen LogP contribution is -2.28. The Balaban J connectivity index is 3.91. The van der Waals surface area contributed by atoms with Crippen LogP contribution in [0.4, 0.5) is 13.2 Å². The molecule has 0 radical (unpaired) electrons. The summed E-state index contributed by atoms with van der Waals surface area (Å²) in [6.45, 7) is -0.341. The van der Waals surface area contributed by atoms with Gasteiger partial charge in [0, 0.05) is 7.05 Å². The largest absolute Gasteiger partial charge is 0.428 e. The van der Waals surface area contributed by atoms with Gasteiger partial charge in [-0.1, -0.05) is 0 Å². The fourth-order valence-corrected chi connectivity index (χ4v) is 0.430. The first-order chi connectivity index (χ1) is 5.31. The maximum Gasteiger partial charge on any atom is 0.428 e. The number of halogens is 3. The van der Waals surface area contributed by atoms with Crippen molar-refractivity contribution in [3.63, 3.8) is 0 Å². The molecule has 0 unspecified atom stereocenters. The van der Waals surface area contributed by atoms with Crippen LogP contribution in [0.25, 0.3) is 0 Å². The molecule has 0 aliphatic carbocycles. The highest BCUT2D eigenvalue weighted by atomic mass is 19.4. The molecule has 0 aliphatic rings. The summed E-state index contributed by atoms with van der Waals surface area (Å²) in [5, 5.41) is 3.72. The minimum atomic E-state index is -4.47. The van der Waals surface area contributed by atoms with E-state index in [-0.39, 0.29) is 12.8 Å². The molecular formula is C5H8F3N3O. The minimum Gasteiger partial charge on any atom is -0.368 e. The van der Waals surface area contributed by atoms with E-state index in [2.05, 4.69) is 5.10 Å². The lowest BCUT2D eigenvalue weighted by atomic mass is 10.6. The molecule has 1 amide bonds. The summed E-state index contributed by atoms with van der Waals surface area (Å²) in [6, 6.07) is 0. The zero-order valence-corrected chi connectivity index (χ0v) is 6.30. The number of hydrazone groups is 1. The Labute approximate surface area is 66.8 Å². The number of amides is 1. The molecule has 0 saturated heterocycles. The first kappa shape index (κ1) is 10.7. The van der Waals surface area contributed by atoms with Gasteiger partial charge in [-0.3, -0.25) is 9.80 Å². The van der Waals surface area contributed by atoms with Crippen molar-refractivity contribution in [2.45, 2.75) is 6.18 Å². The second kappa shape index (κ2) is 3.93. The molecule has 4 nitrogen and oxygen atoms in total. The smallest absolute Gasteiger partial charge is 0.368 e. The van der Waals surface area contributed by atoms with Crippen LogP contribution in [0, 0.1) is 0 Å². The Kier molecular flexibility index (Phi) is 3.52. The van der Waals surface area contributed by atoms with Gasteiger partial charge >= 0.3 is 6.18 Å². The maximum atomic E-state index is 11.5. The SMILES string of the molecule is CN(CC(N)=O)/N=C/C(F)(F)F. The van der Waals surface area contributed by atoms with Gasteiger partial charge in [0.1, 0.15) is 12.8 Å². The van der Waals surface area contributed by atoms with Crippen LogP contribution in [0.15, 0.2) is 5.10 Å². The molecule has 0 aliphatic heterocycles. The Hall–Kier alpha value is -1.27. The summed E-state index contributed by atoms with van der Waals surface area (Å²) >= 11 is 0. The Morgan fingerprint density at radius 1 is 1.67 bits per heavy atom. The highest BCUT2D eigenvalue weighted by Crippen LogP contribution is 2.10. The Morgan fingerprint density at radius 2 is 2.17 bits per heavy atom. The number of nitrogens with zero attached hydrogens (tertiary/aromatic N) is 2. The van der Waals surface area contributed by atoms with Gasteiger partial charge in [0.25, 0.3) is 0 Å². The molecule has 0 atom stereocenters. The standard InChI is InChI=1S/C5H8F3N3O/c1-11(2-4(9)12)10-3-5(6,7)8/h3H,2H2,1H3,(H2,9,12)/b10-3+. The number of nitrogens with two attached hydrogens (primary N) is 1. The fourth-order valence-electron chi connectivity index (χ4n) is 0.430. The lowest BCUT2D eigenvalue weighted by molar-refractivity contribution is -0.118. The van der Waals surface area contributed by atoms with Crippen LogP contribution < -0.4 is 5.73 Å². The van der Waals surface area contributed by atoms with Gasteiger partial charge in [-0.05, 0) is 0 Å². The third-order valence-corrected chi connectivity index (χ3v) is 0.786. The third kappa shape index (κ3) is 6.84. The zero-order valence-electron chi connectivity index (χ0n) is 6.30. The van der Waals surface area contributed by atoms with Gasteiger partial charge < -0.3 is 5.73 Å². The minimum absolute atomic E-state index is 0.212. The molecule has 0 aromatic rings. The summed E-state index contributed by atoms with van der Waals surface area (Å²) in [5.41, 5.74) is 4.70. The fraction of sp³-hybridized carbons (Fsp3) is 0.600. The van der Waals surface area contributed by atoms with E-state index in [9.17, 15) is 18.0 Å². The van der Waals surface area contributed by atoms with Crippen LogP contribution in [0.1, 0.15) is 0 Å². The molecule has 70 valence electrons. The second-order valence-electron chi connectivity index (χ2n) is 2.07. The van der Waals surface area contributed by atoms with Crippen LogP contribution in [0.3, 0.4) is 0 Å². The van der Waals surface area contributed by atoms with E-state index in [0.29, 0.717) is 0 Å². The van der Waals surface area contributed by atoms with Gasteiger partial charge in [-0.25, -0.2) is 0 Å². The molecule has 0 bridgehead atoms. The van der Waals surface area contributed by atoms with E-state index < -0.39 is 12.1 Å². The summed E-state index contributed by atoms with van der Waals surface area (Å²) < 4.78 is 34.4. The molecule has 0 rings (SSSR count). The van der Waals surface area contributed by atoms with Crippen molar-refractivity contribution in [1.29, 1.82) is 0 Å². The predicted molar refractivity (Wildman–Crippen MR) is 36.4 cm³/mol. The zero-order chi connectivity index (χ0) is 9.78. The van der Waals surface area contributed by atoms with E-state index in [4.69, 9.17) is 5.73 Å². The van der Waals surface area contributed by atoms with Crippen molar-refractivity contribution in [2.24, 2.45) is 10.8 Å². The van der Waals surface area contributed by atoms with Crippen molar-refractivity contribution in [3.8, 4) is 0 Å². The average Bonchev–Trinajstić information content (AvgIpc) is 1.80. The average molecular weight is 183 g/mol. The van der Waals surface area contributed by atoms with Crippen LogP contribution in [-0.2, 0) is 4.79 Å². The van der Waals surface area contributed by atoms with Crippen LogP contribution in [0.2, 0.25) is 0 Å². The number of alkyl halides is 3. The number of hydrogen-bond acceptors (Lipinski definition) is 3. The molecular weight excluding hydrogens is 175 g/mol. The van der Waals surface area contributed by atoms with E-state index in [1.807, 2.05) is 0 Å². The molecule has 0 aromatic heterocycles. The summed E-state index contributed by atoms with van der Waals surface area (Å²) in [6.07, 6.45) is -4.68. The van der Waals surface area contributed by atoms with Gasteiger partial charge in [0.05, 0.1) is 0 Å². The first-order valence-electron chi connectivity index (χ1n) is 2.92. The van der Waals surface area contributed by atoms with Crippen LogP contribution in [-0.4, -0.2) is 36.9 Å². The number of hydrogen-bond donors (Lipinski definition) is 1. The highest BCUT2D eigenvalue weighted by molar-refractivity contribution is 5.76. The monoisotopic (exact) mass is 183 g/mol. The number of rotatable bonds is 3. The van der Waals surface area contributed by atoms with Crippen molar-refractivity contribution < 1.29 is 18.0 Å². The maximum absolute atomic E-state index is 11.5.